The molecule has 1 aromatic heterocycles. The summed E-state index contributed by atoms with van der Waals surface area (Å²) in [5.41, 5.74) is 0.277. The van der Waals surface area contributed by atoms with Crippen molar-refractivity contribution in [3.05, 3.63) is 57.9 Å². The van der Waals surface area contributed by atoms with Crippen LogP contribution in [0.2, 0.25) is 0 Å². The maximum atomic E-state index is 12.9. The molecule has 6 nitrogen and oxygen atoms in total. The number of benzene rings is 1. The van der Waals surface area contributed by atoms with Crippen molar-refractivity contribution >= 4 is 11.6 Å². The molecule has 0 unspecified atom stereocenters. The molecule has 98 valence electrons. The largest absolute Gasteiger partial charge is 0.350 e. The number of hydrogen-bond acceptors (Lipinski definition) is 5. The lowest BCUT2D eigenvalue weighted by Crippen LogP contribution is -2.04. The smallest absolute Gasteiger partial charge is 0.305 e. The summed E-state index contributed by atoms with van der Waals surface area (Å²) in [7, 11) is 0. The first-order chi connectivity index (χ1) is 9.06. The summed E-state index contributed by atoms with van der Waals surface area (Å²) >= 11 is 0. The number of aromatic nitrogens is 2. The maximum absolute atomic E-state index is 12.9. The molecule has 0 saturated carbocycles. The summed E-state index contributed by atoms with van der Waals surface area (Å²) < 4.78 is 25.6. The number of rotatable bonds is 4. The zero-order valence-corrected chi connectivity index (χ0v) is 9.51. The highest BCUT2D eigenvalue weighted by Crippen LogP contribution is 2.11. The summed E-state index contributed by atoms with van der Waals surface area (Å²) in [5.74, 6) is -1.70. The van der Waals surface area contributed by atoms with E-state index in [1.807, 2.05) is 0 Å². The molecule has 2 aromatic rings. The predicted octanol–water partition coefficient (Wildman–Crippen LogP) is 2.28. The average molecular weight is 266 g/mol. The minimum absolute atomic E-state index is 0.162. The van der Waals surface area contributed by atoms with Crippen LogP contribution >= 0.6 is 0 Å². The molecule has 1 heterocycles. The third-order valence-electron chi connectivity index (χ3n) is 2.28. The second-order valence-corrected chi connectivity index (χ2v) is 3.62. The minimum atomic E-state index is -0.941. The van der Waals surface area contributed by atoms with Crippen LogP contribution in [0, 0.1) is 21.7 Å². The maximum Gasteiger partial charge on any atom is 0.305 e. The number of halogens is 2. The monoisotopic (exact) mass is 266 g/mol. The molecule has 19 heavy (non-hydrogen) atoms. The van der Waals surface area contributed by atoms with Gasteiger partial charge in [-0.25, -0.2) is 18.7 Å². The van der Waals surface area contributed by atoms with Crippen molar-refractivity contribution < 1.29 is 13.7 Å². The van der Waals surface area contributed by atoms with Gasteiger partial charge in [-0.05, 0) is 17.7 Å². The number of nitrogens with one attached hydrogen (secondary N) is 1. The highest BCUT2D eigenvalue weighted by molar-refractivity contribution is 5.32. The second kappa shape index (κ2) is 5.34. The molecular weight excluding hydrogens is 258 g/mol. The molecule has 0 spiro atoms. The molecule has 1 aromatic carbocycles. The molecule has 0 radical (unpaired) electrons. The van der Waals surface area contributed by atoms with Crippen molar-refractivity contribution in [2.45, 2.75) is 6.54 Å². The molecule has 0 aliphatic rings. The third kappa shape index (κ3) is 3.18. The van der Waals surface area contributed by atoms with Crippen molar-refractivity contribution in [1.29, 1.82) is 0 Å². The number of hydrogen-bond donors (Lipinski definition) is 1. The first-order valence-corrected chi connectivity index (χ1v) is 5.20. The van der Waals surface area contributed by atoms with E-state index < -0.39 is 16.6 Å². The van der Waals surface area contributed by atoms with Crippen molar-refractivity contribution in [1.82, 2.24) is 9.97 Å². The Morgan fingerprint density at radius 1 is 1.21 bits per heavy atom. The van der Waals surface area contributed by atoms with E-state index in [0.717, 1.165) is 24.5 Å². The Morgan fingerprint density at radius 2 is 1.89 bits per heavy atom. The van der Waals surface area contributed by atoms with E-state index in [0.29, 0.717) is 5.56 Å². The van der Waals surface area contributed by atoms with Crippen LogP contribution in [0.1, 0.15) is 5.56 Å². The van der Waals surface area contributed by atoms with Crippen molar-refractivity contribution in [3.8, 4) is 0 Å². The standard InChI is InChI=1S/C11H8F2N4O2/c12-9-2-1-7(3-10(9)13)4-14-11-15-5-8(6-16-11)17(18)19/h1-3,5-6H,4H2,(H,14,15,16). The molecule has 0 aliphatic heterocycles. The lowest BCUT2D eigenvalue weighted by Gasteiger charge is -2.04. The van der Waals surface area contributed by atoms with Crippen LogP contribution in [0.5, 0.6) is 0 Å². The van der Waals surface area contributed by atoms with Gasteiger partial charge in [0.2, 0.25) is 5.95 Å². The lowest BCUT2D eigenvalue weighted by atomic mass is 10.2. The highest BCUT2D eigenvalue weighted by atomic mass is 19.2. The second-order valence-electron chi connectivity index (χ2n) is 3.62. The van der Waals surface area contributed by atoms with Crippen molar-refractivity contribution in [2.24, 2.45) is 0 Å². The van der Waals surface area contributed by atoms with E-state index >= 15 is 0 Å². The van der Waals surface area contributed by atoms with Gasteiger partial charge in [0.25, 0.3) is 0 Å². The lowest BCUT2D eigenvalue weighted by molar-refractivity contribution is -0.385. The van der Waals surface area contributed by atoms with Crippen LogP contribution < -0.4 is 5.32 Å². The van der Waals surface area contributed by atoms with Crippen LogP contribution in [0.3, 0.4) is 0 Å². The fourth-order valence-electron chi connectivity index (χ4n) is 1.34. The fourth-order valence-corrected chi connectivity index (χ4v) is 1.34. The minimum Gasteiger partial charge on any atom is -0.350 e. The fraction of sp³-hybridized carbons (Fsp3) is 0.0909. The quantitative estimate of drug-likeness (QED) is 0.678. The number of nitrogens with zero attached hydrogens (tertiary/aromatic N) is 3. The summed E-state index contributed by atoms with van der Waals surface area (Å²) in [5, 5.41) is 13.1. The Morgan fingerprint density at radius 3 is 2.47 bits per heavy atom. The number of anilines is 1. The molecule has 0 aliphatic carbocycles. The Kier molecular flexibility index (Phi) is 3.60. The Balaban J connectivity index is 2.01. The molecule has 0 saturated heterocycles. The first-order valence-electron chi connectivity index (χ1n) is 5.20. The van der Waals surface area contributed by atoms with Gasteiger partial charge in [-0.2, -0.15) is 0 Å². The van der Waals surface area contributed by atoms with E-state index in [2.05, 4.69) is 15.3 Å². The van der Waals surface area contributed by atoms with Gasteiger partial charge in [0.05, 0.1) is 4.92 Å². The predicted molar refractivity (Wildman–Crippen MR) is 62.4 cm³/mol. The van der Waals surface area contributed by atoms with Gasteiger partial charge in [0.15, 0.2) is 11.6 Å². The van der Waals surface area contributed by atoms with E-state index in [9.17, 15) is 18.9 Å². The summed E-state index contributed by atoms with van der Waals surface area (Å²) in [4.78, 5) is 17.2. The molecular formula is C11H8F2N4O2. The highest BCUT2D eigenvalue weighted by Gasteiger charge is 2.07. The van der Waals surface area contributed by atoms with Crippen LogP contribution in [-0.4, -0.2) is 14.9 Å². The van der Waals surface area contributed by atoms with Crippen LogP contribution in [0.25, 0.3) is 0 Å². The van der Waals surface area contributed by atoms with Gasteiger partial charge in [-0.15, -0.1) is 0 Å². The van der Waals surface area contributed by atoms with E-state index in [1.54, 1.807) is 0 Å². The number of nitro groups is 1. The van der Waals surface area contributed by atoms with E-state index in [1.165, 1.54) is 6.07 Å². The Bertz CT molecular complexity index is 604. The van der Waals surface area contributed by atoms with E-state index in [4.69, 9.17) is 0 Å². The molecule has 0 atom stereocenters. The topological polar surface area (TPSA) is 81.0 Å². The SMILES string of the molecule is O=[N+]([O-])c1cnc(NCc2ccc(F)c(F)c2)nc1. The van der Waals surface area contributed by atoms with Gasteiger partial charge in [-0.3, -0.25) is 10.1 Å². The average Bonchev–Trinajstić information content (AvgIpc) is 2.40. The third-order valence-corrected chi connectivity index (χ3v) is 2.28. The molecule has 0 fully saturated rings. The van der Waals surface area contributed by atoms with Crippen LogP contribution in [0.4, 0.5) is 20.4 Å². The van der Waals surface area contributed by atoms with Gasteiger partial charge in [-0.1, -0.05) is 6.07 Å². The van der Waals surface area contributed by atoms with E-state index in [-0.39, 0.29) is 18.2 Å². The zero-order valence-electron chi connectivity index (χ0n) is 9.51. The van der Waals surface area contributed by atoms with Crippen molar-refractivity contribution in [3.63, 3.8) is 0 Å². The zero-order chi connectivity index (χ0) is 13.8. The Hall–Kier alpha value is -2.64. The van der Waals surface area contributed by atoms with Crippen LogP contribution in [-0.2, 0) is 6.54 Å². The summed E-state index contributed by atoms with van der Waals surface area (Å²) in [6.45, 7) is 0.176. The van der Waals surface area contributed by atoms with Crippen LogP contribution in [0.15, 0.2) is 30.6 Å². The van der Waals surface area contributed by atoms with Gasteiger partial charge >= 0.3 is 5.69 Å². The molecule has 0 bridgehead atoms. The Labute approximate surface area is 106 Å². The normalized spacial score (nSPS) is 10.2. The van der Waals surface area contributed by atoms with Gasteiger partial charge in [0.1, 0.15) is 12.4 Å². The van der Waals surface area contributed by atoms with Crippen molar-refractivity contribution in [2.75, 3.05) is 5.32 Å². The van der Waals surface area contributed by atoms with Gasteiger partial charge in [0, 0.05) is 6.54 Å². The molecule has 8 heteroatoms. The summed E-state index contributed by atoms with van der Waals surface area (Å²) in [6.07, 6.45) is 2.11. The molecule has 1 N–H and O–H groups in total. The summed E-state index contributed by atoms with van der Waals surface area (Å²) in [6, 6.07) is 3.48. The molecule has 2 rings (SSSR count). The molecule has 0 amide bonds. The first kappa shape index (κ1) is 12.8. The van der Waals surface area contributed by atoms with Gasteiger partial charge < -0.3 is 5.32 Å².